The Morgan fingerprint density at radius 2 is 1.82 bits per heavy atom. The molecule has 0 atom stereocenters. The fourth-order valence-corrected chi connectivity index (χ4v) is 4.14. The van der Waals surface area contributed by atoms with Crippen LogP contribution in [-0.4, -0.2) is 27.3 Å². The van der Waals surface area contributed by atoms with Gasteiger partial charge >= 0.3 is 6.18 Å². The molecule has 2 aromatic heterocycles. The second-order valence-electron chi connectivity index (χ2n) is 6.99. The van der Waals surface area contributed by atoms with Crippen LogP contribution in [0.5, 0.6) is 5.75 Å². The lowest BCUT2D eigenvalue weighted by molar-refractivity contribution is -0.143. The molecule has 0 saturated heterocycles. The third-order valence-electron chi connectivity index (χ3n) is 4.74. The number of hydrogen-bond donors (Lipinski definition) is 1. The molecule has 0 spiro atoms. The average molecular weight is 472 g/mol. The van der Waals surface area contributed by atoms with E-state index >= 15 is 0 Å². The number of nitrogens with one attached hydrogen (secondary N) is 1. The SMILES string of the molecule is CCOc1ccc(-c2nc(NC(=O)c3cnn(-c4ccccc4)c3C(F)(F)F)sc2C)cc1. The van der Waals surface area contributed by atoms with Crippen LogP contribution in [0.2, 0.25) is 0 Å². The molecule has 0 saturated carbocycles. The number of hydrogen-bond acceptors (Lipinski definition) is 5. The molecule has 0 radical (unpaired) electrons. The minimum atomic E-state index is -4.79. The maximum Gasteiger partial charge on any atom is 0.434 e. The summed E-state index contributed by atoms with van der Waals surface area (Å²) in [5.41, 5.74) is -0.0882. The van der Waals surface area contributed by atoms with Crippen LogP contribution >= 0.6 is 11.3 Å². The van der Waals surface area contributed by atoms with Crippen LogP contribution in [0.3, 0.4) is 0 Å². The van der Waals surface area contributed by atoms with Crippen molar-refractivity contribution in [1.82, 2.24) is 14.8 Å². The van der Waals surface area contributed by atoms with Gasteiger partial charge in [-0.3, -0.25) is 10.1 Å². The second-order valence-corrected chi connectivity index (χ2v) is 8.19. The first kappa shape index (κ1) is 22.5. The van der Waals surface area contributed by atoms with Gasteiger partial charge in [0.1, 0.15) is 5.75 Å². The molecule has 0 fully saturated rings. The highest BCUT2D eigenvalue weighted by molar-refractivity contribution is 7.16. The third kappa shape index (κ3) is 4.75. The monoisotopic (exact) mass is 472 g/mol. The van der Waals surface area contributed by atoms with E-state index < -0.39 is 23.3 Å². The number of aromatic nitrogens is 3. The number of amides is 1. The zero-order valence-electron chi connectivity index (χ0n) is 17.7. The van der Waals surface area contributed by atoms with Crippen molar-refractivity contribution >= 4 is 22.4 Å². The maximum atomic E-state index is 13.8. The highest BCUT2D eigenvalue weighted by Crippen LogP contribution is 2.35. The predicted octanol–water partition coefficient (Wildman–Crippen LogP) is 5.97. The number of thiazole rings is 1. The summed E-state index contributed by atoms with van der Waals surface area (Å²) in [5, 5.41) is 6.50. The summed E-state index contributed by atoms with van der Waals surface area (Å²) in [5.74, 6) is -0.214. The van der Waals surface area contributed by atoms with Crippen molar-refractivity contribution in [1.29, 1.82) is 0 Å². The van der Waals surface area contributed by atoms with E-state index in [4.69, 9.17) is 4.74 Å². The molecule has 0 aliphatic heterocycles. The summed E-state index contributed by atoms with van der Waals surface area (Å²) in [6, 6.07) is 15.1. The van der Waals surface area contributed by atoms with Crippen molar-refractivity contribution < 1.29 is 22.7 Å². The highest BCUT2D eigenvalue weighted by Gasteiger charge is 2.40. The zero-order valence-corrected chi connectivity index (χ0v) is 18.5. The van der Waals surface area contributed by atoms with Gasteiger partial charge in [-0.05, 0) is 50.2 Å². The Balaban J connectivity index is 1.62. The molecule has 33 heavy (non-hydrogen) atoms. The van der Waals surface area contributed by atoms with Gasteiger partial charge in [0, 0.05) is 10.4 Å². The number of carbonyl (C=O) groups is 1. The van der Waals surface area contributed by atoms with Crippen LogP contribution in [0.4, 0.5) is 18.3 Å². The molecule has 0 bridgehead atoms. The van der Waals surface area contributed by atoms with Crippen LogP contribution in [0.1, 0.15) is 27.9 Å². The molecule has 4 aromatic rings. The number of aryl methyl sites for hydroxylation is 1. The number of benzene rings is 2. The van der Waals surface area contributed by atoms with Crippen LogP contribution in [0.25, 0.3) is 16.9 Å². The number of alkyl halides is 3. The van der Waals surface area contributed by atoms with Crippen LogP contribution < -0.4 is 10.1 Å². The van der Waals surface area contributed by atoms with Crippen molar-refractivity contribution in [2.24, 2.45) is 0 Å². The van der Waals surface area contributed by atoms with Crippen LogP contribution in [0, 0.1) is 6.92 Å². The van der Waals surface area contributed by atoms with E-state index in [1.807, 2.05) is 38.1 Å². The summed E-state index contributed by atoms with van der Waals surface area (Å²) in [6.45, 7) is 4.26. The highest BCUT2D eigenvalue weighted by atomic mass is 32.1. The van der Waals surface area contributed by atoms with E-state index in [9.17, 15) is 18.0 Å². The Labute approximate surface area is 191 Å². The number of carbonyl (C=O) groups excluding carboxylic acids is 1. The van der Waals surface area contributed by atoms with Crippen LogP contribution in [0.15, 0.2) is 60.8 Å². The Kier molecular flexibility index (Phi) is 6.19. The molecule has 1 amide bonds. The second kappa shape index (κ2) is 9.07. The van der Waals surface area contributed by atoms with Gasteiger partial charge in [0.15, 0.2) is 10.8 Å². The van der Waals surface area contributed by atoms with E-state index in [2.05, 4.69) is 15.4 Å². The Bertz CT molecular complexity index is 1270. The van der Waals surface area contributed by atoms with Gasteiger partial charge in [-0.15, -0.1) is 11.3 Å². The molecule has 0 aliphatic rings. The van der Waals surface area contributed by atoms with Crippen molar-refractivity contribution in [2.75, 3.05) is 11.9 Å². The van der Waals surface area contributed by atoms with E-state index in [1.54, 1.807) is 18.2 Å². The van der Waals surface area contributed by atoms with Gasteiger partial charge < -0.3 is 4.74 Å². The lowest BCUT2D eigenvalue weighted by Crippen LogP contribution is -2.20. The molecule has 0 unspecified atom stereocenters. The van der Waals surface area contributed by atoms with Gasteiger partial charge in [0.25, 0.3) is 5.91 Å². The fraction of sp³-hybridized carbons (Fsp3) is 0.174. The summed E-state index contributed by atoms with van der Waals surface area (Å²) in [6.07, 6.45) is -3.87. The number of ether oxygens (including phenoxy) is 1. The summed E-state index contributed by atoms with van der Waals surface area (Å²) < 4.78 is 47.7. The smallest absolute Gasteiger partial charge is 0.434 e. The Hall–Kier alpha value is -3.66. The van der Waals surface area contributed by atoms with Crippen molar-refractivity contribution in [3.05, 3.63) is 76.9 Å². The van der Waals surface area contributed by atoms with E-state index in [1.165, 1.54) is 23.5 Å². The van der Waals surface area contributed by atoms with Crippen molar-refractivity contribution in [2.45, 2.75) is 20.0 Å². The largest absolute Gasteiger partial charge is 0.494 e. The molecule has 0 aliphatic carbocycles. The van der Waals surface area contributed by atoms with Crippen molar-refractivity contribution in [3.8, 4) is 22.7 Å². The summed E-state index contributed by atoms with van der Waals surface area (Å²) >= 11 is 1.18. The Morgan fingerprint density at radius 3 is 2.45 bits per heavy atom. The van der Waals surface area contributed by atoms with Gasteiger partial charge in [-0.2, -0.15) is 18.3 Å². The van der Waals surface area contributed by atoms with Gasteiger partial charge in [0.2, 0.25) is 0 Å². The van der Waals surface area contributed by atoms with Gasteiger partial charge in [-0.1, -0.05) is 18.2 Å². The lowest BCUT2D eigenvalue weighted by atomic mass is 10.1. The number of para-hydroxylation sites is 1. The first-order chi connectivity index (χ1) is 15.8. The molecule has 2 aromatic carbocycles. The minimum absolute atomic E-state index is 0.196. The summed E-state index contributed by atoms with van der Waals surface area (Å²) in [4.78, 5) is 18.0. The number of halogens is 3. The lowest BCUT2D eigenvalue weighted by Gasteiger charge is -2.12. The predicted molar refractivity (Wildman–Crippen MR) is 120 cm³/mol. The first-order valence-corrected chi connectivity index (χ1v) is 10.8. The molecular formula is C23H19F3N4O2S. The van der Waals surface area contributed by atoms with Gasteiger partial charge in [-0.25, -0.2) is 9.67 Å². The number of rotatable bonds is 6. The summed E-state index contributed by atoms with van der Waals surface area (Å²) in [7, 11) is 0. The molecule has 170 valence electrons. The van der Waals surface area contributed by atoms with E-state index in [0.29, 0.717) is 17.0 Å². The van der Waals surface area contributed by atoms with E-state index in [-0.39, 0.29) is 10.8 Å². The minimum Gasteiger partial charge on any atom is -0.494 e. The normalized spacial score (nSPS) is 11.4. The third-order valence-corrected chi connectivity index (χ3v) is 5.63. The molecule has 6 nitrogen and oxygen atoms in total. The van der Waals surface area contributed by atoms with Crippen molar-refractivity contribution in [3.63, 3.8) is 0 Å². The van der Waals surface area contributed by atoms with E-state index in [0.717, 1.165) is 22.4 Å². The van der Waals surface area contributed by atoms with Gasteiger partial charge in [0.05, 0.1) is 29.7 Å². The molecule has 2 heterocycles. The average Bonchev–Trinajstić information content (AvgIpc) is 3.39. The Morgan fingerprint density at radius 1 is 1.12 bits per heavy atom. The fourth-order valence-electron chi connectivity index (χ4n) is 3.31. The maximum absolute atomic E-state index is 13.8. The molecule has 10 heteroatoms. The standard InChI is InChI=1S/C23H19F3N4O2S/c1-3-32-17-11-9-15(10-12-17)19-14(2)33-22(28-19)29-21(31)18-13-27-30(20(18)23(24,25)26)16-7-5-4-6-8-16/h4-13H,3H2,1-2H3,(H,28,29,31). The quantitative estimate of drug-likeness (QED) is 0.375. The number of anilines is 1. The molecule has 1 N–H and O–H groups in total. The molecule has 4 rings (SSSR count). The topological polar surface area (TPSA) is 69.0 Å². The van der Waals surface area contributed by atoms with Crippen LogP contribution in [-0.2, 0) is 6.18 Å². The number of nitrogens with zero attached hydrogens (tertiary/aromatic N) is 3. The molecular weight excluding hydrogens is 453 g/mol. The zero-order chi connectivity index (χ0) is 23.6. The first-order valence-electron chi connectivity index (χ1n) is 10.0.